The summed E-state index contributed by atoms with van der Waals surface area (Å²) in [5, 5.41) is 1.61. The van der Waals surface area contributed by atoms with E-state index in [1.54, 1.807) is 16.3 Å². The largest absolute Gasteiger partial charge is 0.573 e. The second-order valence-electron chi connectivity index (χ2n) is 4.03. The summed E-state index contributed by atoms with van der Waals surface area (Å²) in [6.07, 6.45) is -5.05. The number of para-hydroxylation sites is 1. The highest BCUT2D eigenvalue weighted by molar-refractivity contribution is 7.89. The molecule has 0 bridgehead atoms. The molecule has 0 atom stereocenters. The number of amides is 1. The van der Waals surface area contributed by atoms with Crippen LogP contribution >= 0.6 is 11.3 Å². The van der Waals surface area contributed by atoms with Crippen molar-refractivity contribution in [3.8, 4) is 5.75 Å². The fourth-order valence-corrected chi connectivity index (χ4v) is 3.11. The predicted octanol–water partition coefficient (Wildman–Crippen LogP) is 2.27. The maximum atomic E-state index is 12.3. The zero-order valence-corrected chi connectivity index (χ0v) is 12.8. The number of hydrazine groups is 1. The number of nitrogens with one attached hydrogen (secondary N) is 2. The van der Waals surface area contributed by atoms with Gasteiger partial charge >= 0.3 is 6.36 Å². The molecule has 0 unspecified atom stereocenters. The second-order valence-corrected chi connectivity index (χ2v) is 6.63. The molecule has 11 heteroatoms. The lowest BCUT2D eigenvalue weighted by Gasteiger charge is -2.14. The van der Waals surface area contributed by atoms with Gasteiger partial charge in [-0.25, -0.2) is 8.42 Å². The predicted molar refractivity (Wildman–Crippen MR) is 75.2 cm³/mol. The van der Waals surface area contributed by atoms with Crippen molar-refractivity contribution in [3.05, 3.63) is 46.7 Å². The molecule has 1 aromatic heterocycles. The number of thiophene rings is 1. The molecule has 23 heavy (non-hydrogen) atoms. The smallest absolute Gasteiger partial charge is 0.404 e. The fourth-order valence-electron chi connectivity index (χ4n) is 1.52. The molecule has 2 rings (SSSR count). The number of ether oxygens (including phenoxy) is 1. The van der Waals surface area contributed by atoms with Gasteiger partial charge < -0.3 is 4.74 Å². The number of hydrogen-bond acceptors (Lipinski definition) is 5. The Kier molecular flexibility index (Phi) is 4.92. The molecular weight excluding hydrogens is 357 g/mol. The van der Waals surface area contributed by atoms with E-state index in [2.05, 4.69) is 4.74 Å². The average molecular weight is 366 g/mol. The van der Waals surface area contributed by atoms with Crippen LogP contribution in [0.2, 0.25) is 0 Å². The average Bonchev–Trinajstić information content (AvgIpc) is 2.98. The van der Waals surface area contributed by atoms with Crippen molar-refractivity contribution in [1.82, 2.24) is 10.3 Å². The molecule has 124 valence electrons. The molecular formula is C12H9F3N2O4S2. The summed E-state index contributed by atoms with van der Waals surface area (Å²) in [5.41, 5.74) is 1.91. The van der Waals surface area contributed by atoms with E-state index in [0.717, 1.165) is 23.5 Å². The van der Waals surface area contributed by atoms with E-state index >= 15 is 0 Å². The third-order valence-corrected chi connectivity index (χ3v) is 4.56. The van der Waals surface area contributed by atoms with Gasteiger partial charge in [-0.3, -0.25) is 10.2 Å². The van der Waals surface area contributed by atoms with Gasteiger partial charge in [-0.1, -0.05) is 18.2 Å². The van der Waals surface area contributed by atoms with Crippen molar-refractivity contribution in [2.45, 2.75) is 11.3 Å². The summed E-state index contributed by atoms with van der Waals surface area (Å²) in [4.78, 5) is 12.8. The van der Waals surface area contributed by atoms with Crippen LogP contribution in [0.3, 0.4) is 0 Å². The number of carbonyl (C=O) groups is 1. The van der Waals surface area contributed by atoms with Crippen molar-refractivity contribution in [2.24, 2.45) is 0 Å². The lowest BCUT2D eigenvalue weighted by Crippen LogP contribution is -2.41. The maximum absolute atomic E-state index is 12.3. The molecule has 0 saturated heterocycles. The van der Waals surface area contributed by atoms with E-state index < -0.39 is 32.9 Å². The third kappa shape index (κ3) is 4.68. The molecule has 1 amide bonds. The minimum atomic E-state index is -5.05. The molecule has 0 radical (unpaired) electrons. The SMILES string of the molecule is O=C(NNS(=O)(=O)c1ccccc1OC(F)(F)F)c1cccs1. The monoisotopic (exact) mass is 366 g/mol. The van der Waals surface area contributed by atoms with Crippen molar-refractivity contribution in [3.63, 3.8) is 0 Å². The Morgan fingerprint density at radius 2 is 1.83 bits per heavy atom. The van der Waals surface area contributed by atoms with Crippen LogP contribution in [0.25, 0.3) is 0 Å². The molecule has 2 N–H and O–H groups in total. The first-order valence-electron chi connectivity index (χ1n) is 5.89. The minimum Gasteiger partial charge on any atom is -0.404 e. The molecule has 0 aliphatic rings. The van der Waals surface area contributed by atoms with Gasteiger partial charge in [0.05, 0.1) is 4.88 Å². The summed E-state index contributed by atoms with van der Waals surface area (Å²) in [6.45, 7) is 0. The topological polar surface area (TPSA) is 84.5 Å². The Morgan fingerprint density at radius 3 is 2.43 bits per heavy atom. The first-order chi connectivity index (χ1) is 10.7. The highest BCUT2D eigenvalue weighted by Gasteiger charge is 2.34. The number of sulfonamides is 1. The van der Waals surface area contributed by atoms with Crippen LogP contribution in [0.5, 0.6) is 5.75 Å². The van der Waals surface area contributed by atoms with Crippen LogP contribution in [-0.2, 0) is 10.0 Å². The van der Waals surface area contributed by atoms with E-state index in [4.69, 9.17) is 0 Å². The molecule has 2 aromatic rings. The number of benzene rings is 1. The first-order valence-corrected chi connectivity index (χ1v) is 8.26. The number of carbonyl (C=O) groups excluding carboxylic acids is 1. The second kappa shape index (κ2) is 6.56. The summed E-state index contributed by atoms with van der Waals surface area (Å²) in [6, 6.07) is 7.21. The summed E-state index contributed by atoms with van der Waals surface area (Å²) < 4.78 is 64.7. The highest BCUT2D eigenvalue weighted by Crippen LogP contribution is 2.28. The Balaban J connectivity index is 2.18. The normalized spacial score (nSPS) is 12.0. The van der Waals surface area contributed by atoms with E-state index in [-0.39, 0.29) is 4.88 Å². The molecule has 0 aliphatic heterocycles. The molecule has 0 aliphatic carbocycles. The fraction of sp³-hybridized carbons (Fsp3) is 0.0833. The van der Waals surface area contributed by atoms with Gasteiger partial charge in [0.2, 0.25) is 0 Å². The van der Waals surface area contributed by atoms with E-state index in [1.807, 2.05) is 5.43 Å². The lowest BCUT2D eigenvalue weighted by molar-refractivity contribution is -0.275. The quantitative estimate of drug-likeness (QED) is 0.795. The highest BCUT2D eigenvalue weighted by atomic mass is 32.2. The van der Waals surface area contributed by atoms with Gasteiger partial charge in [-0.2, -0.15) is 0 Å². The zero-order chi connectivity index (χ0) is 17.1. The summed E-state index contributed by atoms with van der Waals surface area (Å²) >= 11 is 1.07. The van der Waals surface area contributed by atoms with Crippen molar-refractivity contribution in [2.75, 3.05) is 0 Å². The molecule has 1 heterocycles. The van der Waals surface area contributed by atoms with Crippen LogP contribution in [0.4, 0.5) is 13.2 Å². The van der Waals surface area contributed by atoms with Gasteiger partial charge in [0.1, 0.15) is 10.6 Å². The molecule has 1 aromatic carbocycles. The van der Waals surface area contributed by atoms with Gasteiger partial charge in [0, 0.05) is 0 Å². The standard InChI is InChI=1S/C12H9F3N2O4S2/c13-12(14,15)21-8-4-1-2-6-10(8)23(19,20)17-16-11(18)9-5-3-7-22-9/h1-7,17H,(H,16,18). The van der Waals surface area contributed by atoms with E-state index in [9.17, 15) is 26.4 Å². The van der Waals surface area contributed by atoms with Gasteiger partial charge in [-0.15, -0.1) is 29.3 Å². The molecule has 0 fully saturated rings. The van der Waals surface area contributed by atoms with Gasteiger partial charge in [-0.05, 0) is 23.6 Å². The third-order valence-electron chi connectivity index (χ3n) is 2.41. The van der Waals surface area contributed by atoms with Crippen LogP contribution in [-0.4, -0.2) is 20.7 Å². The number of hydrogen-bond donors (Lipinski definition) is 2. The van der Waals surface area contributed by atoms with Crippen LogP contribution in [0, 0.1) is 0 Å². The van der Waals surface area contributed by atoms with Gasteiger partial charge in [0.15, 0.2) is 0 Å². The minimum absolute atomic E-state index is 0.229. The Hall–Kier alpha value is -2.11. The van der Waals surface area contributed by atoms with Gasteiger partial charge in [0.25, 0.3) is 15.9 Å². The van der Waals surface area contributed by atoms with Crippen molar-refractivity contribution >= 4 is 27.3 Å². The van der Waals surface area contributed by atoms with Crippen LogP contribution in [0.1, 0.15) is 9.67 Å². The van der Waals surface area contributed by atoms with Crippen LogP contribution < -0.4 is 15.0 Å². The van der Waals surface area contributed by atoms with E-state index in [1.165, 1.54) is 18.2 Å². The van der Waals surface area contributed by atoms with Crippen molar-refractivity contribution < 1.29 is 31.1 Å². The van der Waals surface area contributed by atoms with Crippen molar-refractivity contribution in [1.29, 1.82) is 0 Å². The first kappa shape index (κ1) is 17.2. The number of alkyl halides is 3. The van der Waals surface area contributed by atoms with Crippen LogP contribution in [0.15, 0.2) is 46.7 Å². The molecule has 0 saturated carbocycles. The zero-order valence-electron chi connectivity index (χ0n) is 11.1. The molecule has 0 spiro atoms. The summed E-state index contributed by atoms with van der Waals surface area (Å²) in [7, 11) is -4.45. The molecule has 6 nitrogen and oxygen atoms in total. The maximum Gasteiger partial charge on any atom is 0.573 e. The number of rotatable bonds is 5. The Morgan fingerprint density at radius 1 is 1.13 bits per heavy atom. The summed E-state index contributed by atoms with van der Waals surface area (Å²) in [5.74, 6) is -1.64. The lowest BCUT2D eigenvalue weighted by atomic mass is 10.3. The Bertz CT molecular complexity index is 789. The Labute approximate surface area is 132 Å². The number of halogens is 3. The van der Waals surface area contributed by atoms with E-state index in [0.29, 0.717) is 0 Å².